The van der Waals surface area contributed by atoms with E-state index >= 15 is 0 Å². The number of carboxylic acid groups (broad SMARTS) is 1. The largest absolute Gasteiger partial charge is 0.480 e. The molecule has 3 rings (SSSR count). The van der Waals surface area contributed by atoms with Crippen molar-refractivity contribution in [3.05, 3.63) is 48.3 Å². The Morgan fingerprint density at radius 2 is 2.14 bits per heavy atom. The molecule has 0 aliphatic rings. The predicted molar refractivity (Wildman–Crippen MR) is 77.4 cm³/mol. The number of aromatic amines is 1. The van der Waals surface area contributed by atoms with E-state index in [9.17, 15) is 9.59 Å². The van der Waals surface area contributed by atoms with Crippen LogP contribution < -0.4 is 5.73 Å². The minimum Gasteiger partial charge on any atom is -0.480 e. The van der Waals surface area contributed by atoms with Crippen molar-refractivity contribution < 1.29 is 14.7 Å². The minimum absolute atomic E-state index is 0.00129. The number of H-pyrrole nitrogens is 1. The van der Waals surface area contributed by atoms with Crippen molar-refractivity contribution in [1.82, 2.24) is 19.5 Å². The van der Waals surface area contributed by atoms with Crippen molar-refractivity contribution in [1.29, 1.82) is 0 Å². The van der Waals surface area contributed by atoms with Crippen LogP contribution in [0.2, 0.25) is 0 Å². The van der Waals surface area contributed by atoms with E-state index in [0.29, 0.717) is 11.2 Å². The van der Waals surface area contributed by atoms with Gasteiger partial charge in [-0.2, -0.15) is 0 Å². The van der Waals surface area contributed by atoms with Gasteiger partial charge in [-0.1, -0.05) is 12.1 Å². The van der Waals surface area contributed by atoms with Gasteiger partial charge in [-0.05, 0) is 12.1 Å². The highest BCUT2D eigenvalue weighted by Crippen LogP contribution is 2.12. The molecule has 0 fully saturated rings. The van der Waals surface area contributed by atoms with Crippen molar-refractivity contribution in [3.8, 4) is 0 Å². The molecule has 0 saturated heterocycles. The molecule has 0 aliphatic carbocycles. The van der Waals surface area contributed by atoms with Gasteiger partial charge in [0, 0.05) is 18.3 Å². The van der Waals surface area contributed by atoms with Crippen LogP contribution in [0.3, 0.4) is 0 Å². The van der Waals surface area contributed by atoms with E-state index in [2.05, 4.69) is 15.0 Å². The molecule has 0 radical (unpaired) electrons. The van der Waals surface area contributed by atoms with E-state index in [1.54, 1.807) is 6.07 Å². The number of carbonyl (C=O) groups is 2. The number of fused-ring (bicyclic) bond motifs is 1. The molecule has 8 nitrogen and oxygen atoms in total. The third-order valence-electron chi connectivity index (χ3n) is 3.27. The molecule has 3 aromatic rings. The van der Waals surface area contributed by atoms with Crippen LogP contribution in [0, 0.1) is 0 Å². The van der Waals surface area contributed by atoms with Gasteiger partial charge in [0.1, 0.15) is 12.4 Å². The van der Waals surface area contributed by atoms with Crippen molar-refractivity contribution >= 4 is 22.9 Å². The number of nitrogens with two attached hydrogens (primary N) is 1. The molecule has 1 unspecified atom stereocenters. The zero-order valence-corrected chi connectivity index (χ0v) is 11.4. The van der Waals surface area contributed by atoms with Crippen molar-refractivity contribution in [3.63, 3.8) is 0 Å². The lowest BCUT2D eigenvalue weighted by atomic mass is 10.2. The topological polar surface area (TPSA) is 127 Å². The summed E-state index contributed by atoms with van der Waals surface area (Å²) in [6.07, 6.45) is 2.74. The third-order valence-corrected chi connectivity index (χ3v) is 3.27. The Morgan fingerprint density at radius 1 is 1.36 bits per heavy atom. The first-order chi connectivity index (χ1) is 10.6. The fourth-order valence-corrected chi connectivity index (χ4v) is 2.14. The van der Waals surface area contributed by atoms with Crippen LogP contribution in [0.5, 0.6) is 0 Å². The molecular formula is C14H13N5O3. The number of imidazole rings is 2. The summed E-state index contributed by atoms with van der Waals surface area (Å²) in [5, 5.41) is 8.86. The highest BCUT2D eigenvalue weighted by Gasteiger charge is 2.20. The zero-order chi connectivity index (χ0) is 15.7. The van der Waals surface area contributed by atoms with Crippen LogP contribution in [-0.4, -0.2) is 42.5 Å². The van der Waals surface area contributed by atoms with Gasteiger partial charge in [0.15, 0.2) is 5.82 Å². The Kier molecular flexibility index (Phi) is 3.43. The fourth-order valence-electron chi connectivity index (χ4n) is 2.14. The fraction of sp³-hybridized carbons (Fsp3) is 0.143. The standard InChI is InChI=1S/C14H13N5O3/c15-9(14(21)22)5-8-6-16-7-19(8)13(20)12-17-10-3-1-2-4-11(10)18-12/h1-4,6-7,9H,5,15H2,(H,17,18)(H,21,22). The van der Waals surface area contributed by atoms with Crippen molar-refractivity contribution in [2.45, 2.75) is 12.5 Å². The Bertz CT molecular complexity index is 818. The number of benzene rings is 1. The van der Waals surface area contributed by atoms with Crippen molar-refractivity contribution in [2.24, 2.45) is 5.73 Å². The van der Waals surface area contributed by atoms with Gasteiger partial charge < -0.3 is 15.8 Å². The Balaban J connectivity index is 1.92. The van der Waals surface area contributed by atoms with Crippen LogP contribution in [0.4, 0.5) is 0 Å². The Hall–Kier alpha value is -3.00. The van der Waals surface area contributed by atoms with Crippen LogP contribution in [0.25, 0.3) is 11.0 Å². The molecule has 2 aromatic heterocycles. The number of nitrogens with zero attached hydrogens (tertiary/aromatic N) is 3. The second-order valence-electron chi connectivity index (χ2n) is 4.81. The Labute approximate surface area is 124 Å². The number of para-hydroxylation sites is 2. The van der Waals surface area contributed by atoms with E-state index in [-0.39, 0.29) is 12.2 Å². The summed E-state index contributed by atoms with van der Waals surface area (Å²) in [6, 6.07) is 6.17. The summed E-state index contributed by atoms with van der Waals surface area (Å²) in [6.45, 7) is 0. The molecule has 0 spiro atoms. The van der Waals surface area contributed by atoms with Gasteiger partial charge in [0.05, 0.1) is 11.0 Å². The highest BCUT2D eigenvalue weighted by molar-refractivity contribution is 5.96. The van der Waals surface area contributed by atoms with Gasteiger partial charge >= 0.3 is 5.97 Å². The third kappa shape index (κ3) is 2.47. The summed E-state index contributed by atoms with van der Waals surface area (Å²) < 4.78 is 1.25. The molecular weight excluding hydrogens is 286 g/mol. The quantitative estimate of drug-likeness (QED) is 0.640. The molecule has 8 heteroatoms. The second-order valence-corrected chi connectivity index (χ2v) is 4.81. The molecule has 0 saturated carbocycles. The number of rotatable bonds is 4. The summed E-state index contributed by atoms with van der Waals surface area (Å²) >= 11 is 0. The average molecular weight is 299 g/mol. The molecule has 4 N–H and O–H groups in total. The van der Waals surface area contributed by atoms with E-state index in [4.69, 9.17) is 10.8 Å². The second kappa shape index (κ2) is 5.41. The van der Waals surface area contributed by atoms with Crippen LogP contribution in [-0.2, 0) is 11.2 Å². The first kappa shape index (κ1) is 14.0. The van der Waals surface area contributed by atoms with E-state index in [0.717, 1.165) is 5.52 Å². The van der Waals surface area contributed by atoms with Crippen molar-refractivity contribution in [2.75, 3.05) is 0 Å². The number of aliphatic carboxylic acids is 1. The summed E-state index contributed by atoms with van der Waals surface area (Å²) in [5.74, 6) is -1.39. The first-order valence-corrected chi connectivity index (χ1v) is 6.55. The molecule has 0 amide bonds. The monoisotopic (exact) mass is 299 g/mol. The lowest BCUT2D eigenvalue weighted by molar-refractivity contribution is -0.138. The molecule has 0 aliphatic heterocycles. The maximum Gasteiger partial charge on any atom is 0.320 e. The molecule has 2 heterocycles. The van der Waals surface area contributed by atoms with Gasteiger partial charge in [-0.15, -0.1) is 0 Å². The Morgan fingerprint density at radius 3 is 2.86 bits per heavy atom. The molecule has 1 aromatic carbocycles. The highest BCUT2D eigenvalue weighted by atomic mass is 16.4. The normalized spacial score (nSPS) is 12.4. The number of nitrogens with one attached hydrogen (secondary N) is 1. The number of hydrogen-bond acceptors (Lipinski definition) is 5. The molecule has 0 bridgehead atoms. The summed E-state index contributed by atoms with van der Waals surface area (Å²) in [7, 11) is 0. The minimum atomic E-state index is -1.14. The number of carbonyl (C=O) groups excluding carboxylic acids is 1. The number of carboxylic acids is 1. The summed E-state index contributed by atoms with van der Waals surface area (Å²) in [5.41, 5.74) is 7.34. The smallest absolute Gasteiger partial charge is 0.320 e. The maximum absolute atomic E-state index is 12.5. The lowest BCUT2D eigenvalue weighted by Gasteiger charge is -2.08. The molecule has 1 atom stereocenters. The zero-order valence-electron chi connectivity index (χ0n) is 11.4. The lowest BCUT2D eigenvalue weighted by Crippen LogP contribution is -2.33. The van der Waals surface area contributed by atoms with Gasteiger partial charge in [0.25, 0.3) is 5.91 Å². The predicted octanol–water partition coefficient (Wildman–Crippen LogP) is 0.402. The average Bonchev–Trinajstić information content (AvgIpc) is 3.12. The first-order valence-electron chi connectivity index (χ1n) is 6.55. The van der Waals surface area contributed by atoms with Crippen LogP contribution >= 0.6 is 0 Å². The van der Waals surface area contributed by atoms with E-state index in [1.807, 2.05) is 18.2 Å². The van der Waals surface area contributed by atoms with Gasteiger partial charge in [-0.25, -0.2) is 9.97 Å². The van der Waals surface area contributed by atoms with E-state index < -0.39 is 17.9 Å². The van der Waals surface area contributed by atoms with Gasteiger partial charge in [-0.3, -0.25) is 14.2 Å². The number of hydrogen-bond donors (Lipinski definition) is 3. The van der Waals surface area contributed by atoms with Gasteiger partial charge in [0.2, 0.25) is 0 Å². The SMILES string of the molecule is NC(Cc1cncn1C(=O)c1nc2ccccc2[nH]1)C(=O)O. The maximum atomic E-state index is 12.5. The molecule has 112 valence electrons. The molecule has 22 heavy (non-hydrogen) atoms. The van der Waals surface area contributed by atoms with Crippen LogP contribution in [0.15, 0.2) is 36.8 Å². The number of aromatic nitrogens is 4. The summed E-state index contributed by atoms with van der Waals surface area (Å²) in [4.78, 5) is 34.4. The van der Waals surface area contributed by atoms with E-state index in [1.165, 1.54) is 17.1 Å². The van der Waals surface area contributed by atoms with Crippen LogP contribution in [0.1, 0.15) is 16.3 Å².